The van der Waals surface area contributed by atoms with Crippen LogP contribution in [0.2, 0.25) is 0 Å². The van der Waals surface area contributed by atoms with E-state index < -0.39 is 16.0 Å². The van der Waals surface area contributed by atoms with E-state index in [0.29, 0.717) is 11.3 Å². The summed E-state index contributed by atoms with van der Waals surface area (Å²) >= 11 is 0. The predicted molar refractivity (Wildman–Crippen MR) is 105 cm³/mol. The van der Waals surface area contributed by atoms with Crippen LogP contribution in [0.4, 0.5) is 0 Å². The lowest BCUT2D eigenvalue weighted by molar-refractivity contribution is 0.0450. The quantitative estimate of drug-likeness (QED) is 0.488. The van der Waals surface area contributed by atoms with Gasteiger partial charge in [0.15, 0.2) is 0 Å². The monoisotopic (exact) mass is 397 g/mol. The molecule has 0 saturated heterocycles. The fourth-order valence-corrected chi connectivity index (χ4v) is 3.05. The van der Waals surface area contributed by atoms with Crippen LogP contribution in [-0.4, -0.2) is 27.6 Å². The number of hydrogen-bond donors (Lipinski definition) is 1. The number of esters is 1. The van der Waals surface area contributed by atoms with Crippen LogP contribution in [0.3, 0.4) is 0 Å². The van der Waals surface area contributed by atoms with Crippen LogP contribution < -0.4 is 9.88 Å². The number of nitrogens with two attached hydrogens (primary N) is 1. The predicted octanol–water partition coefficient (Wildman–Crippen LogP) is 3.24. The summed E-state index contributed by atoms with van der Waals surface area (Å²) in [6.45, 7) is 0.207. The third-order valence-electron chi connectivity index (χ3n) is 3.97. The second kappa shape index (κ2) is 8.69. The van der Waals surface area contributed by atoms with Crippen molar-refractivity contribution in [2.45, 2.75) is 4.90 Å². The van der Waals surface area contributed by atoms with Gasteiger partial charge in [0.05, 0.1) is 10.5 Å². The van der Waals surface area contributed by atoms with Gasteiger partial charge in [-0.25, -0.2) is 18.4 Å². The second-order valence-corrected chi connectivity index (χ2v) is 7.51. The summed E-state index contributed by atoms with van der Waals surface area (Å²) in [6, 6.07) is 22.7. The van der Waals surface area contributed by atoms with Crippen molar-refractivity contribution in [3.63, 3.8) is 0 Å². The van der Waals surface area contributed by atoms with Crippen LogP contribution in [0, 0.1) is 0 Å². The summed E-state index contributed by atoms with van der Waals surface area (Å²) in [5.74, 6) is 0.0171. The fraction of sp³-hybridized carbons (Fsp3) is 0.0952. The van der Waals surface area contributed by atoms with Gasteiger partial charge >= 0.3 is 5.97 Å². The number of carbonyl (C=O) groups is 1. The smallest absolute Gasteiger partial charge is 0.338 e. The molecule has 0 bridgehead atoms. The molecule has 3 aromatic rings. The van der Waals surface area contributed by atoms with Crippen molar-refractivity contribution in [3.8, 4) is 16.9 Å². The highest BCUT2D eigenvalue weighted by molar-refractivity contribution is 7.89. The number of benzene rings is 3. The highest BCUT2D eigenvalue weighted by Crippen LogP contribution is 2.19. The summed E-state index contributed by atoms with van der Waals surface area (Å²) in [5, 5.41) is 5.03. The van der Waals surface area contributed by atoms with E-state index in [1.807, 2.05) is 42.5 Å². The molecule has 0 radical (unpaired) electrons. The molecule has 0 aliphatic carbocycles. The number of carbonyl (C=O) groups excluding carboxylic acids is 1. The average molecular weight is 397 g/mol. The Bertz CT molecular complexity index is 1030. The molecule has 0 heterocycles. The first kappa shape index (κ1) is 19.6. The molecular formula is C21H19NO5S. The van der Waals surface area contributed by atoms with Crippen molar-refractivity contribution in [3.05, 3.63) is 84.4 Å². The van der Waals surface area contributed by atoms with Gasteiger partial charge in [0, 0.05) is 0 Å². The summed E-state index contributed by atoms with van der Waals surface area (Å²) in [5.41, 5.74) is 2.55. The fourth-order valence-electron chi connectivity index (χ4n) is 2.53. The van der Waals surface area contributed by atoms with Crippen molar-refractivity contribution in [1.29, 1.82) is 0 Å². The number of sulfonamides is 1. The molecule has 0 unspecified atom stereocenters. The van der Waals surface area contributed by atoms with E-state index in [1.165, 1.54) is 24.3 Å². The molecule has 3 aromatic carbocycles. The zero-order chi connectivity index (χ0) is 20.0. The Hall–Kier alpha value is -3.16. The Kier molecular flexibility index (Phi) is 6.08. The van der Waals surface area contributed by atoms with Gasteiger partial charge in [0.2, 0.25) is 10.0 Å². The Balaban J connectivity index is 1.48. The van der Waals surface area contributed by atoms with Gasteiger partial charge in [-0.15, -0.1) is 0 Å². The molecular weight excluding hydrogens is 378 g/mol. The molecule has 0 spiro atoms. The lowest BCUT2D eigenvalue weighted by Gasteiger charge is -2.08. The molecule has 144 valence electrons. The van der Waals surface area contributed by atoms with E-state index in [2.05, 4.69) is 0 Å². The maximum absolute atomic E-state index is 12.1. The highest BCUT2D eigenvalue weighted by atomic mass is 32.2. The van der Waals surface area contributed by atoms with E-state index in [4.69, 9.17) is 14.6 Å². The molecule has 0 aliphatic heterocycles. The maximum Gasteiger partial charge on any atom is 0.338 e. The molecule has 2 N–H and O–H groups in total. The molecule has 7 heteroatoms. The standard InChI is InChI=1S/C21H19NO5S/c22-28(24,25)20-12-10-19(11-13-20)26-14-15-27-21(23)18-8-6-17(7-9-18)16-4-2-1-3-5-16/h1-13H,14-15H2,(H2,22,24,25). The molecule has 0 aliphatic rings. The number of primary sulfonamides is 1. The minimum absolute atomic E-state index is 0.00484. The lowest BCUT2D eigenvalue weighted by atomic mass is 10.0. The summed E-state index contributed by atoms with van der Waals surface area (Å²) in [6.07, 6.45) is 0. The third kappa shape index (κ3) is 5.18. The molecule has 3 rings (SSSR count). The van der Waals surface area contributed by atoms with Crippen molar-refractivity contribution in [2.24, 2.45) is 5.14 Å². The molecule has 0 aromatic heterocycles. The Morgan fingerprint density at radius 3 is 2.00 bits per heavy atom. The highest BCUT2D eigenvalue weighted by Gasteiger charge is 2.09. The zero-order valence-electron chi connectivity index (χ0n) is 14.9. The second-order valence-electron chi connectivity index (χ2n) is 5.94. The van der Waals surface area contributed by atoms with Crippen LogP contribution in [0.25, 0.3) is 11.1 Å². The Morgan fingerprint density at radius 1 is 0.786 bits per heavy atom. The summed E-state index contributed by atoms with van der Waals surface area (Å²) < 4.78 is 33.0. The van der Waals surface area contributed by atoms with Crippen molar-refractivity contribution in [1.82, 2.24) is 0 Å². The van der Waals surface area contributed by atoms with Gasteiger partial charge in [-0.2, -0.15) is 0 Å². The van der Waals surface area contributed by atoms with Crippen LogP contribution in [0.5, 0.6) is 5.75 Å². The van der Waals surface area contributed by atoms with Crippen LogP contribution >= 0.6 is 0 Å². The third-order valence-corrected chi connectivity index (χ3v) is 4.89. The van der Waals surface area contributed by atoms with Gasteiger partial charge in [-0.3, -0.25) is 0 Å². The maximum atomic E-state index is 12.1. The van der Waals surface area contributed by atoms with E-state index in [1.54, 1.807) is 12.1 Å². The minimum atomic E-state index is -3.73. The van der Waals surface area contributed by atoms with E-state index in [9.17, 15) is 13.2 Å². The normalized spacial score (nSPS) is 11.0. The van der Waals surface area contributed by atoms with E-state index >= 15 is 0 Å². The molecule has 0 amide bonds. The van der Waals surface area contributed by atoms with Gasteiger partial charge < -0.3 is 9.47 Å². The Morgan fingerprint density at radius 2 is 1.39 bits per heavy atom. The van der Waals surface area contributed by atoms with Gasteiger partial charge in [0.1, 0.15) is 19.0 Å². The topological polar surface area (TPSA) is 95.7 Å². The lowest BCUT2D eigenvalue weighted by Crippen LogP contribution is -2.13. The van der Waals surface area contributed by atoms with Crippen molar-refractivity contribution >= 4 is 16.0 Å². The molecule has 28 heavy (non-hydrogen) atoms. The van der Waals surface area contributed by atoms with Crippen LogP contribution in [0.15, 0.2) is 83.8 Å². The molecule has 6 nitrogen and oxygen atoms in total. The van der Waals surface area contributed by atoms with Crippen LogP contribution in [0.1, 0.15) is 10.4 Å². The largest absolute Gasteiger partial charge is 0.490 e. The van der Waals surface area contributed by atoms with E-state index in [-0.39, 0.29) is 18.1 Å². The number of ether oxygens (including phenoxy) is 2. The van der Waals surface area contributed by atoms with Gasteiger partial charge in [-0.1, -0.05) is 42.5 Å². The number of hydrogen-bond acceptors (Lipinski definition) is 5. The Labute approximate surface area is 163 Å². The first-order chi connectivity index (χ1) is 13.4. The van der Waals surface area contributed by atoms with Crippen LogP contribution in [-0.2, 0) is 14.8 Å². The molecule has 0 fully saturated rings. The minimum Gasteiger partial charge on any atom is -0.490 e. The van der Waals surface area contributed by atoms with Gasteiger partial charge in [0.25, 0.3) is 0 Å². The van der Waals surface area contributed by atoms with Gasteiger partial charge in [-0.05, 0) is 47.5 Å². The van der Waals surface area contributed by atoms with Crippen molar-refractivity contribution in [2.75, 3.05) is 13.2 Å². The average Bonchev–Trinajstić information content (AvgIpc) is 2.71. The zero-order valence-corrected chi connectivity index (χ0v) is 15.8. The molecule has 0 atom stereocenters. The summed E-state index contributed by atoms with van der Waals surface area (Å²) in [7, 11) is -3.73. The SMILES string of the molecule is NS(=O)(=O)c1ccc(OCCOC(=O)c2ccc(-c3ccccc3)cc2)cc1. The summed E-state index contributed by atoms with van der Waals surface area (Å²) in [4.78, 5) is 12.1. The van der Waals surface area contributed by atoms with E-state index in [0.717, 1.165) is 11.1 Å². The number of rotatable bonds is 7. The first-order valence-corrected chi connectivity index (χ1v) is 10.1. The van der Waals surface area contributed by atoms with Crippen molar-refractivity contribution < 1.29 is 22.7 Å². The first-order valence-electron chi connectivity index (χ1n) is 8.52. The molecule has 0 saturated carbocycles.